The standard InChI is InChI=1S/C20H20N2O4S2/c1-12(2)10-22-18(24)14-7-6-13(19(25)26-3)9-15(14)21-20(22)28-11-16(23)17-5-4-8-27-17/h4-9,12H,10-11H2,1-3H3. The zero-order valence-corrected chi connectivity index (χ0v) is 17.4. The third kappa shape index (κ3) is 4.34. The lowest BCUT2D eigenvalue weighted by Gasteiger charge is -2.15. The fourth-order valence-electron chi connectivity index (χ4n) is 2.72. The summed E-state index contributed by atoms with van der Waals surface area (Å²) in [5.74, 6) is -0.0719. The number of hydrogen-bond donors (Lipinski definition) is 0. The summed E-state index contributed by atoms with van der Waals surface area (Å²) in [5, 5.41) is 2.76. The average molecular weight is 417 g/mol. The Labute approximate surface area is 170 Å². The van der Waals surface area contributed by atoms with Crippen LogP contribution in [0.1, 0.15) is 33.9 Å². The lowest BCUT2D eigenvalue weighted by Crippen LogP contribution is -2.26. The number of nitrogens with zero attached hydrogens (tertiary/aromatic N) is 2. The fraction of sp³-hybridized carbons (Fsp3) is 0.300. The SMILES string of the molecule is COC(=O)c1ccc2c(=O)n(CC(C)C)c(SCC(=O)c3cccs3)nc2c1. The highest BCUT2D eigenvalue weighted by molar-refractivity contribution is 7.99. The van der Waals surface area contributed by atoms with E-state index in [4.69, 9.17) is 4.74 Å². The highest BCUT2D eigenvalue weighted by Gasteiger charge is 2.17. The topological polar surface area (TPSA) is 78.3 Å². The van der Waals surface area contributed by atoms with E-state index in [1.165, 1.54) is 30.2 Å². The molecule has 0 bridgehead atoms. The van der Waals surface area contributed by atoms with Gasteiger partial charge in [-0.3, -0.25) is 14.2 Å². The van der Waals surface area contributed by atoms with Gasteiger partial charge in [0.15, 0.2) is 10.9 Å². The van der Waals surface area contributed by atoms with E-state index >= 15 is 0 Å². The Morgan fingerprint density at radius 2 is 2.07 bits per heavy atom. The molecule has 6 nitrogen and oxygen atoms in total. The second kappa shape index (κ2) is 8.70. The summed E-state index contributed by atoms with van der Waals surface area (Å²) in [5.41, 5.74) is 0.564. The molecule has 0 aliphatic carbocycles. The minimum atomic E-state index is -0.489. The Bertz CT molecular complexity index is 1070. The van der Waals surface area contributed by atoms with Crippen LogP contribution in [0.15, 0.2) is 45.7 Å². The zero-order chi connectivity index (χ0) is 20.3. The Morgan fingerprint density at radius 1 is 1.29 bits per heavy atom. The van der Waals surface area contributed by atoms with Gasteiger partial charge in [0.05, 0.1) is 34.2 Å². The monoisotopic (exact) mass is 416 g/mol. The number of thiophene rings is 1. The van der Waals surface area contributed by atoms with Crippen LogP contribution in [0.3, 0.4) is 0 Å². The maximum Gasteiger partial charge on any atom is 0.337 e. The lowest BCUT2D eigenvalue weighted by molar-refractivity contribution is 0.0600. The van der Waals surface area contributed by atoms with Gasteiger partial charge >= 0.3 is 5.97 Å². The minimum absolute atomic E-state index is 0.00578. The number of aromatic nitrogens is 2. The van der Waals surface area contributed by atoms with Gasteiger partial charge in [0.25, 0.3) is 5.56 Å². The zero-order valence-electron chi connectivity index (χ0n) is 15.8. The van der Waals surface area contributed by atoms with Crippen molar-refractivity contribution >= 4 is 45.8 Å². The molecule has 146 valence electrons. The third-order valence-corrected chi connectivity index (χ3v) is 5.90. The minimum Gasteiger partial charge on any atom is -0.465 e. The number of thioether (sulfide) groups is 1. The fourth-order valence-corrected chi connectivity index (χ4v) is 4.37. The summed E-state index contributed by atoms with van der Waals surface area (Å²) in [4.78, 5) is 42.4. The molecule has 0 saturated carbocycles. The molecule has 0 atom stereocenters. The van der Waals surface area contributed by atoms with Crippen molar-refractivity contribution in [1.29, 1.82) is 0 Å². The summed E-state index contributed by atoms with van der Waals surface area (Å²) in [7, 11) is 1.30. The lowest BCUT2D eigenvalue weighted by atomic mass is 10.1. The molecular formula is C20H20N2O4S2. The Morgan fingerprint density at radius 3 is 2.71 bits per heavy atom. The first-order valence-electron chi connectivity index (χ1n) is 8.73. The van der Waals surface area contributed by atoms with Gasteiger partial charge < -0.3 is 4.74 Å². The molecule has 0 unspecified atom stereocenters. The average Bonchev–Trinajstić information content (AvgIpc) is 3.22. The van der Waals surface area contributed by atoms with E-state index in [0.29, 0.717) is 33.0 Å². The second-order valence-corrected chi connectivity index (χ2v) is 8.51. The number of ether oxygens (including phenoxy) is 1. The van der Waals surface area contributed by atoms with Crippen LogP contribution >= 0.6 is 23.1 Å². The summed E-state index contributed by atoms with van der Waals surface area (Å²) >= 11 is 2.63. The van der Waals surface area contributed by atoms with Crippen molar-refractivity contribution in [2.24, 2.45) is 5.92 Å². The Balaban J connectivity index is 2.02. The molecule has 0 radical (unpaired) electrons. The molecule has 0 aliphatic heterocycles. The maximum atomic E-state index is 13.0. The molecular weight excluding hydrogens is 396 g/mol. The van der Waals surface area contributed by atoms with Crippen LogP contribution < -0.4 is 5.56 Å². The number of fused-ring (bicyclic) bond motifs is 1. The highest BCUT2D eigenvalue weighted by atomic mass is 32.2. The highest BCUT2D eigenvalue weighted by Crippen LogP contribution is 2.22. The van der Waals surface area contributed by atoms with Gasteiger partial charge in [0, 0.05) is 6.54 Å². The van der Waals surface area contributed by atoms with Gasteiger partial charge in [0.2, 0.25) is 0 Å². The number of hydrogen-bond acceptors (Lipinski definition) is 7. The first kappa shape index (κ1) is 20.3. The smallest absolute Gasteiger partial charge is 0.337 e. The van der Waals surface area contributed by atoms with E-state index in [9.17, 15) is 14.4 Å². The Kier molecular flexibility index (Phi) is 6.31. The molecule has 8 heteroatoms. The maximum absolute atomic E-state index is 13.0. The first-order valence-corrected chi connectivity index (χ1v) is 10.6. The molecule has 3 aromatic rings. The van der Waals surface area contributed by atoms with Gasteiger partial charge in [0.1, 0.15) is 0 Å². The second-order valence-electron chi connectivity index (χ2n) is 6.62. The molecule has 0 fully saturated rings. The van der Waals surface area contributed by atoms with Gasteiger partial charge in [-0.15, -0.1) is 11.3 Å². The van der Waals surface area contributed by atoms with E-state index < -0.39 is 5.97 Å². The van der Waals surface area contributed by atoms with Crippen LogP contribution in [0.2, 0.25) is 0 Å². The van der Waals surface area contributed by atoms with Crippen molar-refractivity contribution in [2.45, 2.75) is 25.5 Å². The quantitative estimate of drug-likeness (QED) is 0.252. The van der Waals surface area contributed by atoms with Gasteiger partial charge in [-0.25, -0.2) is 9.78 Å². The van der Waals surface area contributed by atoms with Crippen LogP contribution in [0.4, 0.5) is 0 Å². The number of ketones is 1. The van der Waals surface area contributed by atoms with E-state index in [1.807, 2.05) is 25.3 Å². The molecule has 0 spiro atoms. The molecule has 1 aromatic carbocycles. The Hall–Kier alpha value is -2.45. The molecule has 2 heterocycles. The summed E-state index contributed by atoms with van der Waals surface area (Å²) < 4.78 is 6.35. The molecule has 0 saturated heterocycles. The third-order valence-electron chi connectivity index (χ3n) is 4.02. The molecule has 2 aromatic heterocycles. The van der Waals surface area contributed by atoms with Crippen molar-refractivity contribution < 1.29 is 14.3 Å². The number of carbonyl (C=O) groups excluding carboxylic acids is 2. The number of methoxy groups -OCH3 is 1. The van der Waals surface area contributed by atoms with Crippen LogP contribution in [0.25, 0.3) is 10.9 Å². The van der Waals surface area contributed by atoms with E-state index in [2.05, 4.69) is 4.98 Å². The van der Waals surface area contributed by atoms with Crippen molar-refractivity contribution in [1.82, 2.24) is 9.55 Å². The van der Waals surface area contributed by atoms with Gasteiger partial charge in [-0.05, 0) is 35.6 Å². The molecule has 0 N–H and O–H groups in total. The largest absolute Gasteiger partial charge is 0.465 e. The predicted molar refractivity (Wildman–Crippen MR) is 112 cm³/mol. The number of rotatable bonds is 7. The predicted octanol–water partition coefficient (Wildman–Crippen LogP) is 3.88. The first-order chi connectivity index (χ1) is 13.4. The number of benzene rings is 1. The van der Waals surface area contributed by atoms with E-state index in [0.717, 1.165) is 0 Å². The van der Waals surface area contributed by atoms with E-state index in [-0.39, 0.29) is 23.0 Å². The normalized spacial score (nSPS) is 11.1. The van der Waals surface area contributed by atoms with Crippen molar-refractivity contribution in [3.8, 4) is 0 Å². The number of Topliss-reactive ketones (excluding diaryl/α,β-unsaturated/α-hetero) is 1. The molecule has 3 rings (SSSR count). The van der Waals surface area contributed by atoms with Crippen LogP contribution in [0, 0.1) is 5.92 Å². The summed E-state index contributed by atoms with van der Waals surface area (Å²) in [6.45, 7) is 4.53. The molecule has 28 heavy (non-hydrogen) atoms. The summed E-state index contributed by atoms with van der Waals surface area (Å²) in [6, 6.07) is 8.32. The molecule has 0 aliphatic rings. The van der Waals surface area contributed by atoms with Crippen LogP contribution in [0.5, 0.6) is 0 Å². The number of carbonyl (C=O) groups is 2. The van der Waals surface area contributed by atoms with Crippen LogP contribution in [-0.2, 0) is 11.3 Å². The summed E-state index contributed by atoms with van der Waals surface area (Å²) in [6.07, 6.45) is 0. The molecule has 0 amide bonds. The van der Waals surface area contributed by atoms with Gasteiger partial charge in [-0.2, -0.15) is 0 Å². The van der Waals surface area contributed by atoms with Crippen molar-refractivity contribution in [2.75, 3.05) is 12.9 Å². The van der Waals surface area contributed by atoms with E-state index in [1.54, 1.807) is 28.8 Å². The van der Waals surface area contributed by atoms with Crippen molar-refractivity contribution in [3.63, 3.8) is 0 Å². The van der Waals surface area contributed by atoms with Crippen molar-refractivity contribution in [3.05, 3.63) is 56.5 Å². The van der Waals surface area contributed by atoms with Crippen LogP contribution in [-0.4, -0.2) is 34.2 Å². The van der Waals surface area contributed by atoms with Gasteiger partial charge in [-0.1, -0.05) is 31.7 Å². The number of esters is 1.